The minimum absolute atomic E-state index is 0.0584. The Morgan fingerprint density at radius 2 is 1.88 bits per heavy atom. The van der Waals surface area contributed by atoms with Crippen molar-refractivity contribution in [3.05, 3.63) is 34.3 Å². The van der Waals surface area contributed by atoms with Gasteiger partial charge < -0.3 is 9.84 Å². The van der Waals surface area contributed by atoms with Crippen molar-refractivity contribution in [2.45, 2.75) is 18.8 Å². The van der Waals surface area contributed by atoms with E-state index in [0.29, 0.717) is 19.6 Å². The van der Waals surface area contributed by atoms with Crippen molar-refractivity contribution < 1.29 is 14.6 Å². The van der Waals surface area contributed by atoms with Crippen molar-refractivity contribution in [3.8, 4) is 0 Å². The predicted octanol–water partition coefficient (Wildman–Crippen LogP) is 3.04. The van der Waals surface area contributed by atoms with Crippen LogP contribution in [0.3, 0.4) is 0 Å². The summed E-state index contributed by atoms with van der Waals surface area (Å²) >= 11 is 3.39. The summed E-state index contributed by atoms with van der Waals surface area (Å²) in [6.07, 6.45) is 1.37. The van der Waals surface area contributed by atoms with E-state index in [1.54, 1.807) is 0 Å². The fourth-order valence-electron chi connectivity index (χ4n) is 2.33. The van der Waals surface area contributed by atoms with Gasteiger partial charge in [0.25, 0.3) is 0 Å². The third kappa shape index (κ3) is 3.07. The van der Waals surface area contributed by atoms with Crippen LogP contribution in [0.2, 0.25) is 0 Å². The molecule has 4 heteroatoms. The summed E-state index contributed by atoms with van der Waals surface area (Å²) in [6, 6.07) is 7.91. The number of hydrogen-bond donors (Lipinski definition) is 1. The Hall–Kier alpha value is -0.870. The van der Waals surface area contributed by atoms with Crippen LogP contribution < -0.4 is 0 Å². The average molecular weight is 299 g/mol. The highest BCUT2D eigenvalue weighted by molar-refractivity contribution is 9.10. The first-order valence-corrected chi connectivity index (χ1v) is 6.54. The summed E-state index contributed by atoms with van der Waals surface area (Å²) in [4.78, 5) is 11.3. The molecule has 1 aromatic rings. The molecule has 1 aliphatic heterocycles. The van der Waals surface area contributed by atoms with E-state index in [1.165, 1.54) is 0 Å². The molecular formula is C13H15BrO3. The minimum atomic E-state index is -0.719. The maximum Gasteiger partial charge on any atom is 0.307 e. The summed E-state index contributed by atoms with van der Waals surface area (Å²) in [7, 11) is 0. The number of ether oxygens (including phenoxy) is 1. The van der Waals surface area contributed by atoms with Gasteiger partial charge in [-0.05, 0) is 36.5 Å². The highest BCUT2D eigenvalue weighted by atomic mass is 79.9. The SMILES string of the molecule is O=C(O)C1CCOCCC1c1ccc(Br)cc1. The Kier molecular flexibility index (Phi) is 4.18. The van der Waals surface area contributed by atoms with Crippen molar-refractivity contribution in [2.75, 3.05) is 13.2 Å². The molecule has 1 N–H and O–H groups in total. The third-order valence-electron chi connectivity index (χ3n) is 3.25. The Bertz CT molecular complexity index is 388. The topological polar surface area (TPSA) is 46.5 Å². The molecule has 17 heavy (non-hydrogen) atoms. The number of rotatable bonds is 2. The Balaban J connectivity index is 2.25. The molecule has 1 saturated heterocycles. The van der Waals surface area contributed by atoms with Gasteiger partial charge in [0.1, 0.15) is 0 Å². The van der Waals surface area contributed by atoms with E-state index in [0.717, 1.165) is 16.5 Å². The maximum atomic E-state index is 11.3. The molecule has 0 bridgehead atoms. The first-order valence-electron chi connectivity index (χ1n) is 5.74. The first kappa shape index (κ1) is 12.6. The quantitative estimate of drug-likeness (QED) is 0.913. The van der Waals surface area contributed by atoms with E-state index in [-0.39, 0.29) is 11.8 Å². The van der Waals surface area contributed by atoms with E-state index >= 15 is 0 Å². The normalized spacial score (nSPS) is 25.2. The molecule has 1 aromatic carbocycles. The van der Waals surface area contributed by atoms with Crippen LogP contribution in [-0.4, -0.2) is 24.3 Å². The maximum absolute atomic E-state index is 11.3. The number of carboxylic acid groups (broad SMARTS) is 1. The summed E-state index contributed by atoms with van der Waals surface area (Å²) in [5, 5.41) is 9.28. The molecule has 92 valence electrons. The highest BCUT2D eigenvalue weighted by Gasteiger charge is 2.30. The number of aliphatic carboxylic acids is 1. The van der Waals surface area contributed by atoms with E-state index in [1.807, 2.05) is 24.3 Å². The van der Waals surface area contributed by atoms with E-state index in [4.69, 9.17) is 4.74 Å². The monoisotopic (exact) mass is 298 g/mol. The van der Waals surface area contributed by atoms with E-state index in [2.05, 4.69) is 15.9 Å². The van der Waals surface area contributed by atoms with Crippen molar-refractivity contribution in [1.82, 2.24) is 0 Å². The largest absolute Gasteiger partial charge is 0.481 e. The fraction of sp³-hybridized carbons (Fsp3) is 0.462. The number of halogens is 1. The summed E-state index contributed by atoms with van der Waals surface area (Å²) in [5.41, 5.74) is 1.09. The lowest BCUT2D eigenvalue weighted by Crippen LogP contribution is -2.22. The molecule has 1 aliphatic rings. The van der Waals surface area contributed by atoms with Gasteiger partial charge in [0.05, 0.1) is 5.92 Å². The van der Waals surface area contributed by atoms with E-state index in [9.17, 15) is 9.90 Å². The highest BCUT2D eigenvalue weighted by Crippen LogP contribution is 2.33. The smallest absolute Gasteiger partial charge is 0.307 e. The molecule has 2 rings (SSSR count). The van der Waals surface area contributed by atoms with Crippen molar-refractivity contribution in [2.24, 2.45) is 5.92 Å². The fourth-order valence-corrected chi connectivity index (χ4v) is 2.59. The first-order chi connectivity index (χ1) is 8.18. The van der Waals surface area contributed by atoms with E-state index < -0.39 is 5.97 Å². The van der Waals surface area contributed by atoms with Gasteiger partial charge in [0.2, 0.25) is 0 Å². The standard InChI is InChI=1S/C13H15BrO3/c14-10-3-1-9(2-4-10)11-5-7-17-8-6-12(11)13(15)16/h1-4,11-12H,5-8H2,(H,15,16). The number of carbonyl (C=O) groups is 1. The van der Waals surface area contributed by atoms with Crippen LogP contribution in [0.15, 0.2) is 28.7 Å². The summed E-state index contributed by atoms with van der Waals surface area (Å²) < 4.78 is 6.39. The van der Waals surface area contributed by atoms with Crippen LogP contribution in [0.5, 0.6) is 0 Å². The summed E-state index contributed by atoms with van der Waals surface area (Å²) in [5.74, 6) is -0.995. The molecule has 0 spiro atoms. The zero-order valence-electron chi connectivity index (χ0n) is 9.43. The van der Waals surface area contributed by atoms with Gasteiger partial charge in [-0.1, -0.05) is 28.1 Å². The number of benzene rings is 1. The van der Waals surface area contributed by atoms with Gasteiger partial charge in [0.15, 0.2) is 0 Å². The number of hydrogen-bond acceptors (Lipinski definition) is 2. The second-order valence-corrected chi connectivity index (χ2v) is 5.21. The molecule has 1 fully saturated rings. The molecule has 3 nitrogen and oxygen atoms in total. The molecule has 0 aliphatic carbocycles. The predicted molar refractivity (Wildman–Crippen MR) is 68.1 cm³/mol. The molecule has 0 aromatic heterocycles. The van der Waals surface area contributed by atoms with Crippen LogP contribution in [0.4, 0.5) is 0 Å². The van der Waals surface area contributed by atoms with Gasteiger partial charge in [-0.15, -0.1) is 0 Å². The molecule has 2 atom stereocenters. The lowest BCUT2D eigenvalue weighted by molar-refractivity contribution is -0.142. The van der Waals surface area contributed by atoms with Crippen LogP contribution in [0, 0.1) is 5.92 Å². The molecule has 1 heterocycles. The number of carboxylic acids is 1. The third-order valence-corrected chi connectivity index (χ3v) is 3.78. The van der Waals surface area contributed by atoms with Crippen LogP contribution >= 0.6 is 15.9 Å². The molecular weight excluding hydrogens is 284 g/mol. The van der Waals surface area contributed by atoms with Crippen LogP contribution in [-0.2, 0) is 9.53 Å². The van der Waals surface area contributed by atoms with Crippen LogP contribution in [0.25, 0.3) is 0 Å². The zero-order valence-corrected chi connectivity index (χ0v) is 11.0. The van der Waals surface area contributed by atoms with Crippen molar-refractivity contribution >= 4 is 21.9 Å². The molecule has 2 unspecified atom stereocenters. The summed E-state index contributed by atoms with van der Waals surface area (Å²) in [6.45, 7) is 1.19. The second-order valence-electron chi connectivity index (χ2n) is 4.29. The Morgan fingerprint density at radius 1 is 1.24 bits per heavy atom. The van der Waals surface area contributed by atoms with Crippen molar-refractivity contribution in [3.63, 3.8) is 0 Å². The molecule has 0 amide bonds. The minimum Gasteiger partial charge on any atom is -0.481 e. The molecule has 0 radical (unpaired) electrons. The molecule has 0 saturated carbocycles. The Morgan fingerprint density at radius 3 is 2.53 bits per heavy atom. The van der Waals surface area contributed by atoms with Gasteiger partial charge >= 0.3 is 5.97 Å². The lowest BCUT2D eigenvalue weighted by atomic mass is 9.82. The van der Waals surface area contributed by atoms with Gasteiger partial charge in [-0.2, -0.15) is 0 Å². The lowest BCUT2D eigenvalue weighted by Gasteiger charge is -2.21. The zero-order chi connectivity index (χ0) is 12.3. The Labute approximate surface area is 109 Å². The second kappa shape index (κ2) is 5.65. The van der Waals surface area contributed by atoms with Gasteiger partial charge in [-0.25, -0.2) is 0 Å². The van der Waals surface area contributed by atoms with Gasteiger partial charge in [0, 0.05) is 17.7 Å². The average Bonchev–Trinajstić information content (AvgIpc) is 2.55. The van der Waals surface area contributed by atoms with Crippen LogP contribution in [0.1, 0.15) is 24.3 Å². The van der Waals surface area contributed by atoms with Crippen molar-refractivity contribution in [1.29, 1.82) is 0 Å². The van der Waals surface area contributed by atoms with Gasteiger partial charge in [-0.3, -0.25) is 4.79 Å².